The summed E-state index contributed by atoms with van der Waals surface area (Å²) in [5.41, 5.74) is 0. The Morgan fingerprint density at radius 1 is 1.14 bits per heavy atom. The molecule has 0 heterocycles. The predicted molar refractivity (Wildman–Crippen MR) is 69.8 cm³/mol. The third-order valence-electron chi connectivity index (χ3n) is 1.66. The van der Waals surface area contributed by atoms with E-state index < -0.39 is 35.0 Å². The maximum absolute atomic E-state index is 10.2. The van der Waals surface area contributed by atoms with Gasteiger partial charge < -0.3 is 38.8 Å². The lowest BCUT2D eigenvalue weighted by Gasteiger charge is -2.23. The van der Waals surface area contributed by atoms with E-state index in [0.717, 1.165) is 0 Å². The molecule has 0 saturated heterocycles. The Bertz CT molecular complexity index is 359. The standard InChI is InChI=1S/C5H14NO4P.C3H9O6P/c1-6(2,3)4-5-10-11(7,8)9;4-1-3(5)2-9-10(6,7)8/h4-5H2,1-3H3,(H-,7,8,9);3-5H,1-2H2,(H2,6,7,8). The van der Waals surface area contributed by atoms with Crippen LogP contribution >= 0.6 is 15.6 Å². The number of nitrogens with zero attached hydrogens (tertiary/aromatic N) is 1. The topological polar surface area (TPSA) is 177 Å². The molecule has 0 aromatic rings. The number of aliphatic hydroxyl groups is 2. The highest BCUT2D eigenvalue weighted by molar-refractivity contribution is 7.46. The number of phosphoric ester groups is 2. The van der Waals surface area contributed by atoms with Crippen LogP contribution in [0.3, 0.4) is 0 Å². The SMILES string of the molecule is C[N+](C)(C)CCOP(=O)(O)O.O=P([O-])(O)OCC(O)CO. The molecule has 0 amide bonds. The van der Waals surface area contributed by atoms with E-state index in [-0.39, 0.29) is 6.61 Å². The molecule has 11 nitrogen and oxygen atoms in total. The van der Waals surface area contributed by atoms with Crippen LogP contribution < -0.4 is 4.89 Å². The molecular weight excluding hydrogens is 332 g/mol. The molecule has 0 aromatic carbocycles. The molecule has 0 saturated carbocycles. The van der Waals surface area contributed by atoms with E-state index >= 15 is 0 Å². The van der Waals surface area contributed by atoms with E-state index in [4.69, 9.17) is 24.9 Å². The van der Waals surface area contributed by atoms with Gasteiger partial charge in [-0.25, -0.2) is 4.57 Å². The van der Waals surface area contributed by atoms with Crippen LogP contribution in [0.4, 0.5) is 0 Å². The molecule has 0 aliphatic rings. The van der Waals surface area contributed by atoms with Gasteiger partial charge in [0.05, 0.1) is 34.4 Å². The third-order valence-corrected chi connectivity index (χ3v) is 2.66. The lowest BCUT2D eigenvalue weighted by Crippen LogP contribution is -2.37. The molecule has 13 heteroatoms. The average molecular weight is 355 g/mol. The molecule has 2 atom stereocenters. The number of rotatable bonds is 8. The van der Waals surface area contributed by atoms with Crippen molar-refractivity contribution in [3.8, 4) is 0 Å². The Morgan fingerprint density at radius 3 is 1.90 bits per heavy atom. The molecule has 0 aliphatic heterocycles. The fourth-order valence-electron chi connectivity index (χ4n) is 0.667. The summed E-state index contributed by atoms with van der Waals surface area (Å²) in [5.74, 6) is 0. The molecule has 21 heavy (non-hydrogen) atoms. The smallest absolute Gasteiger partial charge is 0.469 e. The highest BCUT2D eigenvalue weighted by atomic mass is 31.2. The zero-order valence-corrected chi connectivity index (χ0v) is 13.8. The van der Waals surface area contributed by atoms with E-state index in [2.05, 4.69) is 9.05 Å². The van der Waals surface area contributed by atoms with E-state index in [9.17, 15) is 14.0 Å². The second kappa shape index (κ2) is 9.98. The minimum absolute atomic E-state index is 0.0772. The minimum Gasteiger partial charge on any atom is -0.756 e. The molecule has 0 fully saturated rings. The number of hydrogen-bond donors (Lipinski definition) is 5. The first-order valence-electron chi connectivity index (χ1n) is 5.64. The molecule has 0 rings (SSSR count). The first kappa shape index (κ1) is 23.4. The molecule has 0 spiro atoms. The van der Waals surface area contributed by atoms with Gasteiger partial charge in [0.1, 0.15) is 19.3 Å². The quantitative estimate of drug-likeness (QED) is 0.233. The van der Waals surface area contributed by atoms with Crippen molar-refractivity contribution in [1.29, 1.82) is 0 Å². The lowest BCUT2D eigenvalue weighted by atomic mass is 10.4. The Hall–Kier alpha value is 0.1000. The summed E-state index contributed by atoms with van der Waals surface area (Å²) < 4.78 is 28.6. The van der Waals surface area contributed by atoms with Crippen molar-refractivity contribution in [2.24, 2.45) is 0 Å². The Labute approximate surface area is 122 Å². The van der Waals surface area contributed by atoms with Gasteiger partial charge in [0.2, 0.25) is 0 Å². The molecule has 0 aromatic heterocycles. The fraction of sp³-hybridized carbons (Fsp3) is 1.00. The van der Waals surface area contributed by atoms with Crippen molar-refractivity contribution >= 4 is 15.6 Å². The van der Waals surface area contributed by atoms with Gasteiger partial charge in [-0.05, 0) is 0 Å². The minimum atomic E-state index is -4.75. The number of phosphoric acid groups is 2. The van der Waals surface area contributed by atoms with Crippen LogP contribution in [-0.4, -0.2) is 83.0 Å². The predicted octanol–water partition coefficient (Wildman–Crippen LogP) is -2.38. The van der Waals surface area contributed by atoms with Crippen molar-refractivity contribution in [2.75, 3.05) is 47.5 Å². The van der Waals surface area contributed by atoms with Crippen molar-refractivity contribution in [2.45, 2.75) is 6.10 Å². The number of likely N-dealkylation sites (N-methyl/N-ethyl adjacent to an activating group) is 1. The molecule has 5 N–H and O–H groups in total. The molecule has 0 bridgehead atoms. The van der Waals surface area contributed by atoms with E-state index in [1.165, 1.54) is 0 Å². The maximum atomic E-state index is 10.2. The van der Waals surface area contributed by atoms with Gasteiger partial charge in [0.25, 0.3) is 7.82 Å². The van der Waals surface area contributed by atoms with Gasteiger partial charge in [-0.1, -0.05) is 0 Å². The van der Waals surface area contributed by atoms with Crippen LogP contribution in [0.2, 0.25) is 0 Å². The zero-order chi connectivity index (χ0) is 17.3. The van der Waals surface area contributed by atoms with Crippen LogP contribution in [0.15, 0.2) is 0 Å². The van der Waals surface area contributed by atoms with Crippen LogP contribution in [0.5, 0.6) is 0 Å². The van der Waals surface area contributed by atoms with Crippen molar-refractivity contribution in [3.63, 3.8) is 0 Å². The highest BCUT2D eigenvalue weighted by Gasteiger charge is 2.16. The Morgan fingerprint density at radius 2 is 1.62 bits per heavy atom. The van der Waals surface area contributed by atoms with Crippen molar-refractivity contribution in [1.82, 2.24) is 0 Å². The van der Waals surface area contributed by atoms with Gasteiger partial charge >= 0.3 is 7.82 Å². The fourth-order valence-corrected chi connectivity index (χ4v) is 1.35. The summed E-state index contributed by atoms with van der Waals surface area (Å²) in [6.07, 6.45) is -1.28. The number of quaternary nitrogens is 1. The third kappa shape index (κ3) is 25.4. The summed E-state index contributed by atoms with van der Waals surface area (Å²) in [6, 6.07) is 0. The summed E-state index contributed by atoms with van der Waals surface area (Å²) >= 11 is 0. The molecule has 0 radical (unpaired) electrons. The van der Waals surface area contributed by atoms with Crippen LogP contribution in [-0.2, 0) is 18.2 Å². The first-order chi connectivity index (χ1) is 9.16. The molecule has 2 unspecified atom stereocenters. The van der Waals surface area contributed by atoms with E-state index in [0.29, 0.717) is 11.0 Å². The first-order valence-corrected chi connectivity index (χ1v) is 8.66. The van der Waals surface area contributed by atoms with Gasteiger partial charge in [-0.15, -0.1) is 0 Å². The second-order valence-electron chi connectivity index (χ2n) is 4.94. The van der Waals surface area contributed by atoms with Gasteiger partial charge in [0.15, 0.2) is 0 Å². The van der Waals surface area contributed by atoms with Gasteiger partial charge in [0, 0.05) is 0 Å². The normalized spacial score (nSPS) is 16.6. The van der Waals surface area contributed by atoms with Crippen molar-refractivity contribution in [3.05, 3.63) is 0 Å². The summed E-state index contributed by atoms with van der Waals surface area (Å²) in [4.78, 5) is 34.4. The Balaban J connectivity index is 0. The summed E-state index contributed by atoms with van der Waals surface area (Å²) in [7, 11) is -3.26. The number of hydrogen-bond acceptors (Lipinski definition) is 7. The number of aliphatic hydroxyl groups excluding tert-OH is 2. The van der Waals surface area contributed by atoms with E-state index in [1.54, 1.807) is 0 Å². The van der Waals surface area contributed by atoms with E-state index in [1.807, 2.05) is 21.1 Å². The van der Waals surface area contributed by atoms with Crippen LogP contribution in [0.1, 0.15) is 0 Å². The molecular formula is C8H23NO10P2. The van der Waals surface area contributed by atoms with Gasteiger partial charge in [-0.3, -0.25) is 9.09 Å². The molecule has 0 aliphatic carbocycles. The second-order valence-corrected chi connectivity index (χ2v) is 7.37. The monoisotopic (exact) mass is 355 g/mol. The summed E-state index contributed by atoms with van der Waals surface area (Å²) in [6.45, 7) is -0.591. The maximum Gasteiger partial charge on any atom is 0.469 e. The highest BCUT2D eigenvalue weighted by Crippen LogP contribution is 2.35. The average Bonchev–Trinajstić information content (AvgIpc) is 2.22. The molecule has 130 valence electrons. The van der Waals surface area contributed by atoms with Crippen molar-refractivity contribution < 1.29 is 52.4 Å². The van der Waals surface area contributed by atoms with Crippen LogP contribution in [0, 0.1) is 0 Å². The van der Waals surface area contributed by atoms with Gasteiger partial charge in [-0.2, -0.15) is 0 Å². The van der Waals surface area contributed by atoms with Crippen LogP contribution in [0.25, 0.3) is 0 Å². The zero-order valence-electron chi connectivity index (χ0n) is 12.0. The lowest BCUT2D eigenvalue weighted by molar-refractivity contribution is -0.870. The summed E-state index contributed by atoms with van der Waals surface area (Å²) in [5, 5.41) is 16.6. The largest absolute Gasteiger partial charge is 0.756 e. The Kier molecular flexibility index (Phi) is 11.1.